The summed E-state index contributed by atoms with van der Waals surface area (Å²) in [4.78, 5) is 0. The Morgan fingerprint density at radius 1 is 1.07 bits per heavy atom. The molecule has 0 unspecified atom stereocenters. The van der Waals surface area contributed by atoms with Gasteiger partial charge in [0.15, 0.2) is 0 Å². The minimum absolute atomic E-state index is 0.146. The molecule has 0 heterocycles. The Morgan fingerprint density at radius 3 is 2.21 bits per heavy atom. The molecule has 2 aromatic carbocycles. The molecule has 0 saturated carbocycles. The summed E-state index contributed by atoms with van der Waals surface area (Å²) < 4.78 is 75.1. The first-order valence-corrected chi connectivity index (χ1v) is 10.6. The lowest BCUT2D eigenvalue weighted by atomic mass is 9.69. The zero-order valence-electron chi connectivity index (χ0n) is 16.4. The molecular formula is C20H23F3O5S. The maximum Gasteiger partial charge on any atom is 0.523 e. The topological polar surface area (TPSA) is 61.8 Å². The van der Waals surface area contributed by atoms with Crippen molar-refractivity contribution < 1.29 is 35.2 Å². The number of hydrogen-bond acceptors (Lipinski definition) is 5. The van der Waals surface area contributed by atoms with Crippen molar-refractivity contribution in [3.05, 3.63) is 35.4 Å². The minimum Gasteiger partial charge on any atom is -0.496 e. The van der Waals surface area contributed by atoms with E-state index in [0.717, 1.165) is 34.7 Å². The van der Waals surface area contributed by atoms with Crippen LogP contribution in [-0.4, -0.2) is 34.8 Å². The Hall–Kier alpha value is -2.00. The first-order chi connectivity index (χ1) is 13.5. The van der Waals surface area contributed by atoms with Gasteiger partial charge >= 0.3 is 15.6 Å². The number of fused-ring (bicyclic) bond motifs is 2. The standard InChI is InChI=1S/C20H23F3O5S/c1-19(9-10-28-29(24,25)20(21,22)23)8-4-5-13-11-14-15(12-16(13)19)18(27-3)7-6-17(14)26-2/h6-7,11-12H,4-5,8-10H2,1-3H3/t19-/m0/s1. The molecule has 0 bridgehead atoms. The monoisotopic (exact) mass is 432 g/mol. The molecule has 1 atom stereocenters. The first-order valence-electron chi connectivity index (χ1n) is 9.16. The fourth-order valence-corrected chi connectivity index (χ4v) is 4.45. The van der Waals surface area contributed by atoms with E-state index >= 15 is 0 Å². The number of halogens is 3. The minimum atomic E-state index is -5.59. The summed E-state index contributed by atoms with van der Waals surface area (Å²) in [5.74, 6) is 1.36. The molecule has 29 heavy (non-hydrogen) atoms. The Kier molecular flexibility index (Phi) is 5.75. The van der Waals surface area contributed by atoms with Crippen LogP contribution < -0.4 is 9.47 Å². The Morgan fingerprint density at radius 2 is 1.66 bits per heavy atom. The molecule has 1 aliphatic carbocycles. The van der Waals surface area contributed by atoms with Crippen LogP contribution in [0.5, 0.6) is 11.5 Å². The van der Waals surface area contributed by atoms with E-state index in [1.807, 2.05) is 25.1 Å². The van der Waals surface area contributed by atoms with Crippen LogP contribution in [0.3, 0.4) is 0 Å². The molecule has 0 amide bonds. The van der Waals surface area contributed by atoms with Crippen molar-refractivity contribution in [1.82, 2.24) is 0 Å². The zero-order valence-corrected chi connectivity index (χ0v) is 17.2. The molecular weight excluding hydrogens is 409 g/mol. The highest BCUT2D eigenvalue weighted by atomic mass is 32.2. The van der Waals surface area contributed by atoms with E-state index in [4.69, 9.17) is 9.47 Å². The van der Waals surface area contributed by atoms with Gasteiger partial charge in [0.1, 0.15) is 11.5 Å². The van der Waals surface area contributed by atoms with Crippen molar-refractivity contribution in [1.29, 1.82) is 0 Å². The summed E-state index contributed by atoms with van der Waals surface area (Å²) in [6.07, 6.45) is 2.52. The van der Waals surface area contributed by atoms with Crippen molar-refractivity contribution >= 4 is 20.9 Å². The second-order valence-electron chi connectivity index (χ2n) is 7.41. The van der Waals surface area contributed by atoms with Gasteiger partial charge in [-0.15, -0.1) is 0 Å². The van der Waals surface area contributed by atoms with E-state index in [1.54, 1.807) is 20.3 Å². The van der Waals surface area contributed by atoms with Crippen molar-refractivity contribution in [3.63, 3.8) is 0 Å². The Balaban J connectivity index is 1.97. The molecule has 0 N–H and O–H groups in total. The highest BCUT2D eigenvalue weighted by Crippen LogP contribution is 2.44. The molecule has 5 nitrogen and oxygen atoms in total. The quantitative estimate of drug-likeness (QED) is 0.489. The zero-order chi connectivity index (χ0) is 21.4. The van der Waals surface area contributed by atoms with Crippen LogP contribution in [0.4, 0.5) is 13.2 Å². The first kappa shape index (κ1) is 21.7. The average molecular weight is 432 g/mol. The van der Waals surface area contributed by atoms with Gasteiger partial charge in [-0.2, -0.15) is 21.6 Å². The SMILES string of the molecule is COc1ccc(OC)c2cc3c(cc12)CCC[C@@]3(C)CCOS(=O)(=O)C(F)(F)F. The van der Waals surface area contributed by atoms with Gasteiger partial charge in [0.05, 0.1) is 20.8 Å². The number of rotatable bonds is 6. The van der Waals surface area contributed by atoms with Gasteiger partial charge in [-0.25, -0.2) is 0 Å². The van der Waals surface area contributed by atoms with Crippen LogP contribution in [0, 0.1) is 0 Å². The van der Waals surface area contributed by atoms with Gasteiger partial charge in [0.2, 0.25) is 0 Å². The predicted octanol–water partition coefficient (Wildman–Crippen LogP) is 4.71. The molecule has 3 rings (SSSR count). The average Bonchev–Trinajstić information content (AvgIpc) is 2.65. The number of benzene rings is 2. The molecule has 0 aromatic heterocycles. The third-order valence-corrected chi connectivity index (χ3v) is 6.64. The van der Waals surface area contributed by atoms with E-state index in [0.29, 0.717) is 17.9 Å². The summed E-state index contributed by atoms with van der Waals surface area (Å²) in [5, 5.41) is 1.73. The molecule has 1 aliphatic rings. The molecule has 160 valence electrons. The molecule has 2 aromatic rings. The summed E-state index contributed by atoms with van der Waals surface area (Å²) in [6, 6.07) is 7.62. The maximum atomic E-state index is 12.5. The van der Waals surface area contributed by atoms with Crippen molar-refractivity contribution in [2.45, 2.75) is 43.5 Å². The van der Waals surface area contributed by atoms with Gasteiger partial charge in [0, 0.05) is 10.8 Å². The van der Waals surface area contributed by atoms with Gasteiger partial charge in [-0.1, -0.05) is 6.92 Å². The molecule has 9 heteroatoms. The number of aryl methyl sites for hydroxylation is 1. The summed E-state index contributed by atoms with van der Waals surface area (Å²) in [6.45, 7) is 1.39. The number of alkyl halides is 3. The number of ether oxygens (including phenoxy) is 2. The third kappa shape index (κ3) is 4.02. The normalized spacial score (nSPS) is 19.8. The number of hydrogen-bond donors (Lipinski definition) is 0. The number of methoxy groups -OCH3 is 2. The Labute approximate surface area is 167 Å². The van der Waals surface area contributed by atoms with Gasteiger partial charge in [0.25, 0.3) is 0 Å². The lowest BCUT2D eigenvalue weighted by Crippen LogP contribution is -2.31. The van der Waals surface area contributed by atoms with Crippen LogP contribution in [0.25, 0.3) is 10.8 Å². The molecule has 0 spiro atoms. The van der Waals surface area contributed by atoms with Crippen LogP contribution in [0.2, 0.25) is 0 Å². The van der Waals surface area contributed by atoms with E-state index < -0.39 is 27.6 Å². The van der Waals surface area contributed by atoms with E-state index in [-0.39, 0.29) is 6.42 Å². The van der Waals surface area contributed by atoms with Crippen molar-refractivity contribution in [3.8, 4) is 11.5 Å². The maximum absolute atomic E-state index is 12.5. The van der Waals surface area contributed by atoms with Gasteiger partial charge in [-0.05, 0) is 66.5 Å². The van der Waals surface area contributed by atoms with Crippen LogP contribution in [0.1, 0.15) is 37.3 Å². The fraction of sp³-hybridized carbons (Fsp3) is 0.500. The van der Waals surface area contributed by atoms with Crippen LogP contribution in [0.15, 0.2) is 24.3 Å². The van der Waals surface area contributed by atoms with Crippen molar-refractivity contribution in [2.75, 3.05) is 20.8 Å². The molecule has 0 fully saturated rings. The van der Waals surface area contributed by atoms with E-state index in [1.165, 1.54) is 0 Å². The highest BCUT2D eigenvalue weighted by molar-refractivity contribution is 7.87. The van der Waals surface area contributed by atoms with E-state index in [2.05, 4.69) is 4.18 Å². The van der Waals surface area contributed by atoms with Gasteiger partial charge < -0.3 is 9.47 Å². The van der Waals surface area contributed by atoms with Crippen molar-refractivity contribution in [2.24, 2.45) is 0 Å². The molecule has 0 aliphatic heterocycles. The molecule has 0 radical (unpaired) electrons. The smallest absolute Gasteiger partial charge is 0.496 e. The lowest BCUT2D eigenvalue weighted by Gasteiger charge is -2.36. The summed E-state index contributed by atoms with van der Waals surface area (Å²) in [5.41, 5.74) is -3.90. The molecule has 0 saturated heterocycles. The van der Waals surface area contributed by atoms with Gasteiger partial charge in [-0.3, -0.25) is 4.18 Å². The Bertz CT molecular complexity index is 1020. The fourth-order valence-electron chi connectivity index (χ4n) is 4.01. The largest absolute Gasteiger partial charge is 0.523 e. The highest BCUT2D eigenvalue weighted by Gasteiger charge is 2.47. The second-order valence-corrected chi connectivity index (χ2v) is 9.02. The third-order valence-electron chi connectivity index (χ3n) is 5.60. The van der Waals surface area contributed by atoms with Crippen LogP contribution in [-0.2, 0) is 26.1 Å². The summed E-state index contributed by atoms with van der Waals surface area (Å²) in [7, 11) is -2.44. The second kappa shape index (κ2) is 7.68. The van der Waals surface area contributed by atoms with Crippen LogP contribution >= 0.6 is 0 Å². The lowest BCUT2D eigenvalue weighted by molar-refractivity contribution is -0.0545. The summed E-state index contributed by atoms with van der Waals surface area (Å²) >= 11 is 0. The van der Waals surface area contributed by atoms with E-state index in [9.17, 15) is 21.6 Å². The predicted molar refractivity (Wildman–Crippen MR) is 103 cm³/mol.